The molecule has 1 aromatic carbocycles. The van der Waals surface area contributed by atoms with Crippen molar-refractivity contribution in [2.75, 3.05) is 0 Å². The minimum Gasteiger partial charge on any atom is -0.693 e. The van der Waals surface area contributed by atoms with E-state index in [-0.39, 0.29) is 6.54 Å². The average molecular weight is 243 g/mol. The minimum atomic E-state index is -4.38. The molecule has 4 nitrogen and oxygen atoms in total. The normalized spacial score (nSPS) is 11.7. The Balaban J connectivity index is 2.26. The fourth-order valence-corrected chi connectivity index (χ4v) is 1.41. The summed E-state index contributed by atoms with van der Waals surface area (Å²) in [6.45, 7) is 0.000417. The van der Waals surface area contributed by atoms with Gasteiger partial charge in [-0.1, -0.05) is 12.1 Å². The first-order valence-electron chi connectivity index (χ1n) is 4.74. The fourth-order valence-electron chi connectivity index (χ4n) is 1.41. The molecule has 90 valence electrons. The summed E-state index contributed by atoms with van der Waals surface area (Å²) in [5.74, 6) is 0. The predicted octanol–water partition coefficient (Wildman–Crippen LogP) is 1.58. The quantitative estimate of drug-likeness (QED) is 0.593. The third-order valence-electron chi connectivity index (χ3n) is 2.20. The second kappa shape index (κ2) is 4.08. The molecule has 0 saturated carbocycles. The van der Waals surface area contributed by atoms with E-state index in [1.54, 1.807) is 0 Å². The van der Waals surface area contributed by atoms with Crippen LogP contribution >= 0.6 is 0 Å². The van der Waals surface area contributed by atoms with Crippen LogP contribution < -0.4 is 4.85 Å². The molecule has 0 spiro atoms. The van der Waals surface area contributed by atoms with Crippen molar-refractivity contribution in [3.63, 3.8) is 0 Å². The topological polar surface area (TPSA) is 44.8 Å². The minimum absolute atomic E-state index is 0.000417. The number of hydrogen-bond donors (Lipinski definition) is 0. The van der Waals surface area contributed by atoms with Crippen molar-refractivity contribution in [1.29, 1.82) is 0 Å². The molecule has 17 heavy (non-hydrogen) atoms. The number of alkyl halides is 3. The summed E-state index contributed by atoms with van der Waals surface area (Å²) in [6, 6.07) is 4.80. The molecule has 1 aromatic heterocycles. The van der Waals surface area contributed by atoms with Gasteiger partial charge < -0.3 is 5.21 Å². The lowest BCUT2D eigenvalue weighted by Gasteiger charge is -2.08. The van der Waals surface area contributed by atoms with Crippen molar-refractivity contribution in [1.82, 2.24) is 9.90 Å². The van der Waals surface area contributed by atoms with Gasteiger partial charge in [-0.05, 0) is 22.5 Å². The molecule has 0 N–H and O–H groups in total. The molecule has 7 heteroatoms. The van der Waals surface area contributed by atoms with Crippen LogP contribution in [0.25, 0.3) is 0 Å². The van der Waals surface area contributed by atoms with Gasteiger partial charge in [0.15, 0.2) is 6.20 Å². The van der Waals surface area contributed by atoms with E-state index in [1.165, 1.54) is 24.5 Å². The van der Waals surface area contributed by atoms with Crippen LogP contribution in [0.2, 0.25) is 0 Å². The fraction of sp³-hybridized carbons (Fsp3) is 0.200. The molecule has 0 bridgehead atoms. The second-order valence-corrected chi connectivity index (χ2v) is 3.44. The summed E-state index contributed by atoms with van der Waals surface area (Å²) < 4.78 is 37.3. The van der Waals surface area contributed by atoms with Gasteiger partial charge in [0, 0.05) is 5.10 Å². The van der Waals surface area contributed by atoms with Crippen LogP contribution in [0.3, 0.4) is 0 Å². The molecule has 0 saturated heterocycles. The number of benzene rings is 1. The Bertz CT molecular complexity index is 522. The maximum absolute atomic E-state index is 12.4. The predicted molar refractivity (Wildman–Crippen MR) is 51.7 cm³/mol. The van der Waals surface area contributed by atoms with Crippen LogP contribution in [0, 0.1) is 5.21 Å². The molecule has 2 aromatic rings. The van der Waals surface area contributed by atoms with E-state index in [0.717, 1.165) is 16.9 Å². The van der Waals surface area contributed by atoms with Gasteiger partial charge in [0.25, 0.3) is 0 Å². The van der Waals surface area contributed by atoms with Gasteiger partial charge in [-0.2, -0.15) is 18.0 Å². The summed E-state index contributed by atoms with van der Waals surface area (Å²) in [5, 5.41) is 14.8. The standard InChI is InChI=1S/C10H8F3N3O/c11-10(12,13)9-3-1-2-8(6-9)7-15-14-4-5-16(15)17/h1-6H,7H2. The van der Waals surface area contributed by atoms with Crippen LogP contribution in [-0.2, 0) is 12.7 Å². The van der Waals surface area contributed by atoms with E-state index in [2.05, 4.69) is 5.10 Å². The van der Waals surface area contributed by atoms with Gasteiger partial charge in [-0.15, -0.1) is 0 Å². The van der Waals surface area contributed by atoms with Crippen molar-refractivity contribution >= 4 is 0 Å². The number of halogens is 3. The van der Waals surface area contributed by atoms with Gasteiger partial charge in [0.2, 0.25) is 6.20 Å². The van der Waals surface area contributed by atoms with Gasteiger partial charge in [0.05, 0.1) is 5.56 Å². The maximum atomic E-state index is 12.4. The highest BCUT2D eigenvalue weighted by Crippen LogP contribution is 2.29. The molecule has 0 aliphatic rings. The number of aromatic nitrogens is 3. The van der Waals surface area contributed by atoms with Crippen molar-refractivity contribution < 1.29 is 18.0 Å². The molecule has 2 rings (SSSR count). The average Bonchev–Trinajstić information content (AvgIpc) is 2.64. The third kappa shape index (κ3) is 2.55. The zero-order valence-electron chi connectivity index (χ0n) is 8.55. The molecular weight excluding hydrogens is 235 g/mol. The molecule has 0 aliphatic heterocycles. The third-order valence-corrected chi connectivity index (χ3v) is 2.20. The van der Waals surface area contributed by atoms with Crippen LogP contribution in [0.4, 0.5) is 13.2 Å². The number of nitrogens with zero attached hydrogens (tertiary/aromatic N) is 3. The molecule has 0 radical (unpaired) electrons. The first-order chi connectivity index (χ1) is 7.97. The molecule has 1 heterocycles. The lowest BCUT2D eigenvalue weighted by molar-refractivity contribution is -0.698. The van der Waals surface area contributed by atoms with Crippen LogP contribution in [-0.4, -0.2) is 9.90 Å². The van der Waals surface area contributed by atoms with Crippen molar-refractivity contribution in [2.24, 2.45) is 0 Å². The van der Waals surface area contributed by atoms with Crippen molar-refractivity contribution in [3.05, 3.63) is 53.0 Å². The van der Waals surface area contributed by atoms with Gasteiger partial charge in [0.1, 0.15) is 6.54 Å². The monoisotopic (exact) mass is 243 g/mol. The maximum Gasteiger partial charge on any atom is 0.416 e. The zero-order valence-corrected chi connectivity index (χ0v) is 8.55. The molecule has 0 amide bonds. The van der Waals surface area contributed by atoms with Crippen LogP contribution in [0.15, 0.2) is 36.7 Å². The van der Waals surface area contributed by atoms with Crippen LogP contribution in [0.1, 0.15) is 11.1 Å². The SMILES string of the molecule is [O-][n+]1ccnn1Cc1cccc(C(F)(F)F)c1. The number of hydrogen-bond acceptors (Lipinski definition) is 2. The van der Waals surface area contributed by atoms with E-state index in [1.807, 2.05) is 0 Å². The van der Waals surface area contributed by atoms with Gasteiger partial charge in [-0.3, -0.25) is 0 Å². The summed E-state index contributed by atoms with van der Waals surface area (Å²) in [4.78, 5) is 1.48. The Kier molecular flexibility index (Phi) is 2.74. The summed E-state index contributed by atoms with van der Waals surface area (Å²) in [7, 11) is 0. The largest absolute Gasteiger partial charge is 0.693 e. The van der Waals surface area contributed by atoms with Crippen molar-refractivity contribution in [2.45, 2.75) is 12.7 Å². The Morgan fingerprint density at radius 2 is 2.12 bits per heavy atom. The number of rotatable bonds is 2. The Morgan fingerprint density at radius 1 is 1.35 bits per heavy atom. The second-order valence-electron chi connectivity index (χ2n) is 3.44. The highest BCUT2D eigenvalue weighted by molar-refractivity contribution is 5.25. The van der Waals surface area contributed by atoms with Gasteiger partial charge >= 0.3 is 6.18 Å². The van der Waals surface area contributed by atoms with E-state index >= 15 is 0 Å². The van der Waals surface area contributed by atoms with Crippen LogP contribution in [0.5, 0.6) is 0 Å². The molecule has 0 unspecified atom stereocenters. The Morgan fingerprint density at radius 3 is 2.71 bits per heavy atom. The van der Waals surface area contributed by atoms with E-state index < -0.39 is 11.7 Å². The Hall–Kier alpha value is -2.05. The molecular formula is C10H8F3N3O. The highest BCUT2D eigenvalue weighted by atomic mass is 19.4. The summed E-state index contributed by atoms with van der Waals surface area (Å²) >= 11 is 0. The van der Waals surface area contributed by atoms with Crippen molar-refractivity contribution in [3.8, 4) is 0 Å². The summed E-state index contributed by atoms with van der Waals surface area (Å²) in [5.41, 5.74) is -0.368. The molecule has 0 fully saturated rings. The van der Waals surface area contributed by atoms with E-state index in [9.17, 15) is 18.4 Å². The van der Waals surface area contributed by atoms with E-state index in [0.29, 0.717) is 10.4 Å². The van der Waals surface area contributed by atoms with Gasteiger partial charge in [-0.25, -0.2) is 0 Å². The smallest absolute Gasteiger partial charge is 0.416 e. The lowest BCUT2D eigenvalue weighted by Crippen LogP contribution is -2.37. The lowest BCUT2D eigenvalue weighted by atomic mass is 10.1. The Labute approximate surface area is 94.5 Å². The highest BCUT2D eigenvalue weighted by Gasteiger charge is 2.30. The molecule has 0 atom stereocenters. The summed E-state index contributed by atoms with van der Waals surface area (Å²) in [6.07, 6.45) is -1.93. The van der Waals surface area contributed by atoms with E-state index in [4.69, 9.17) is 0 Å². The first kappa shape index (κ1) is 11.4. The zero-order chi connectivity index (χ0) is 12.5. The molecule has 0 aliphatic carbocycles. The first-order valence-corrected chi connectivity index (χ1v) is 4.74.